The van der Waals surface area contributed by atoms with Crippen molar-refractivity contribution in [2.24, 2.45) is 0 Å². The normalized spacial score (nSPS) is 9.83. The highest BCUT2D eigenvalue weighted by Crippen LogP contribution is 1.77. The van der Waals surface area contributed by atoms with Gasteiger partial charge in [0.05, 0.1) is 0 Å². The molecule has 2 heteroatoms. The van der Waals surface area contributed by atoms with Crippen LogP contribution in [0, 0.1) is 0 Å². The first-order chi connectivity index (χ1) is 2.81. The monoisotopic (exact) mass is 122 g/mol. The zero-order chi connectivity index (χ0) is 4.99. The summed E-state index contributed by atoms with van der Waals surface area (Å²) in [6.45, 7) is 4.28. The molecule has 0 amide bonds. The van der Waals surface area contributed by atoms with Gasteiger partial charge in [-0.25, -0.2) is 0 Å². The molecule has 0 N–H and O–H groups in total. The maximum Gasteiger partial charge on any atom is -0.00494 e. The van der Waals surface area contributed by atoms with Gasteiger partial charge >= 0.3 is 0 Å². The van der Waals surface area contributed by atoms with Crippen LogP contribution in [-0.2, 0) is 20.6 Å². The lowest BCUT2D eigenvalue weighted by Gasteiger charge is -1.89. The molecule has 0 radical (unpaired) electrons. The van der Waals surface area contributed by atoms with Gasteiger partial charge in [-0.15, -0.1) is 9.45 Å². The van der Waals surface area contributed by atoms with Gasteiger partial charge in [0, 0.05) is 0 Å². The average molecular weight is 122 g/mol. The Labute approximate surface area is 46.5 Å². The maximum absolute atomic E-state index is 4.97. The smallest absolute Gasteiger partial charge is 0.00494 e. The number of rotatable bonds is 2. The Morgan fingerprint density at radius 1 is 1.33 bits per heavy atom. The third kappa shape index (κ3) is 2.79. The van der Waals surface area contributed by atoms with Crippen molar-refractivity contribution in [3.05, 3.63) is 0 Å². The van der Waals surface area contributed by atoms with Crippen LogP contribution in [0.5, 0.6) is 0 Å². The summed E-state index contributed by atoms with van der Waals surface area (Å²) >= 11 is 4.97. The van der Waals surface area contributed by atoms with E-state index < -0.39 is 0 Å². The van der Waals surface area contributed by atoms with Crippen LogP contribution in [0.15, 0.2) is 0 Å². The van der Waals surface area contributed by atoms with Gasteiger partial charge in [-0.2, -0.15) is 0 Å². The SMILES string of the molecule is CCS(=S)CC. The summed E-state index contributed by atoms with van der Waals surface area (Å²) in [4.78, 5) is 0. The topological polar surface area (TPSA) is 0 Å². The third-order valence-electron chi connectivity index (χ3n) is 0.644. The minimum absolute atomic E-state index is 0.299. The molecule has 0 aliphatic carbocycles. The molecular weight excluding hydrogens is 112 g/mol. The van der Waals surface area contributed by atoms with Crippen molar-refractivity contribution in [3.63, 3.8) is 0 Å². The van der Waals surface area contributed by atoms with E-state index >= 15 is 0 Å². The minimum Gasteiger partial charge on any atom is -0.122 e. The fraction of sp³-hybridized carbons (Fsp3) is 1.00. The van der Waals surface area contributed by atoms with Gasteiger partial charge in [0.25, 0.3) is 0 Å². The van der Waals surface area contributed by atoms with E-state index in [9.17, 15) is 0 Å². The molecule has 0 atom stereocenters. The summed E-state index contributed by atoms with van der Waals surface area (Å²) in [6.07, 6.45) is 0. The highest BCUT2D eigenvalue weighted by atomic mass is 32.8. The molecule has 0 heterocycles. The predicted octanol–water partition coefficient (Wildman–Crippen LogP) is 1.11. The Hall–Kier alpha value is 0.570. The molecule has 0 nitrogen and oxygen atoms in total. The Kier molecular flexibility index (Phi) is 4.11. The van der Waals surface area contributed by atoms with Crippen molar-refractivity contribution in [2.75, 3.05) is 11.5 Å². The van der Waals surface area contributed by atoms with Crippen LogP contribution in [-0.4, -0.2) is 11.5 Å². The van der Waals surface area contributed by atoms with Crippen LogP contribution < -0.4 is 0 Å². The second-order valence-corrected chi connectivity index (χ2v) is 4.47. The molecule has 0 spiro atoms. The summed E-state index contributed by atoms with van der Waals surface area (Å²) in [5.74, 6) is 2.34. The van der Waals surface area contributed by atoms with Crippen LogP contribution in [0.3, 0.4) is 0 Å². The fourth-order valence-electron chi connectivity index (χ4n) is 0.204. The largest absolute Gasteiger partial charge is 0.122 e. The number of hydrogen-bond acceptors (Lipinski definition) is 1. The summed E-state index contributed by atoms with van der Waals surface area (Å²) in [6, 6.07) is 0. The van der Waals surface area contributed by atoms with Crippen LogP contribution in [0.25, 0.3) is 0 Å². The zero-order valence-electron chi connectivity index (χ0n) is 4.23. The van der Waals surface area contributed by atoms with Gasteiger partial charge in [-0.05, 0) is 11.5 Å². The Morgan fingerprint density at radius 2 is 1.67 bits per heavy atom. The lowest BCUT2D eigenvalue weighted by Crippen LogP contribution is -1.91. The molecule has 0 saturated heterocycles. The summed E-state index contributed by atoms with van der Waals surface area (Å²) in [7, 11) is 0.299. The lowest BCUT2D eigenvalue weighted by atomic mass is 11.0. The Bertz CT molecular complexity index is 43.5. The molecule has 0 unspecified atom stereocenters. The van der Waals surface area contributed by atoms with E-state index in [2.05, 4.69) is 13.8 Å². The van der Waals surface area contributed by atoms with E-state index in [1.54, 1.807) is 0 Å². The predicted molar refractivity (Wildman–Crippen MR) is 35.8 cm³/mol. The van der Waals surface area contributed by atoms with Gasteiger partial charge in [0.1, 0.15) is 0 Å². The molecule has 0 aliphatic rings. The van der Waals surface area contributed by atoms with E-state index in [1.165, 1.54) is 11.5 Å². The molecule has 0 aromatic heterocycles. The van der Waals surface area contributed by atoms with Gasteiger partial charge in [-0.1, -0.05) is 25.0 Å². The van der Waals surface area contributed by atoms with Crippen LogP contribution in [0.4, 0.5) is 0 Å². The van der Waals surface area contributed by atoms with E-state index in [0.717, 1.165) is 0 Å². The second kappa shape index (κ2) is 3.75. The number of hydrogen-bond donors (Lipinski definition) is 0. The average Bonchev–Trinajstić information content (AvgIpc) is 1.65. The van der Waals surface area contributed by atoms with Crippen molar-refractivity contribution in [3.8, 4) is 0 Å². The van der Waals surface area contributed by atoms with Crippen molar-refractivity contribution in [2.45, 2.75) is 13.8 Å². The zero-order valence-corrected chi connectivity index (χ0v) is 5.86. The second-order valence-electron chi connectivity index (χ2n) is 1.02. The highest BCUT2D eigenvalue weighted by Gasteiger charge is 1.78. The molecule has 0 aromatic carbocycles. The van der Waals surface area contributed by atoms with Gasteiger partial charge in [0.2, 0.25) is 0 Å². The van der Waals surface area contributed by atoms with Crippen molar-refractivity contribution in [1.82, 2.24) is 0 Å². The molecule has 38 valence electrons. The van der Waals surface area contributed by atoms with E-state index in [4.69, 9.17) is 11.2 Å². The Morgan fingerprint density at radius 3 is 1.67 bits per heavy atom. The van der Waals surface area contributed by atoms with Gasteiger partial charge < -0.3 is 0 Å². The van der Waals surface area contributed by atoms with Crippen LogP contribution in [0.2, 0.25) is 0 Å². The first kappa shape index (κ1) is 6.57. The van der Waals surface area contributed by atoms with Crippen molar-refractivity contribution in [1.29, 1.82) is 0 Å². The first-order valence-electron chi connectivity index (χ1n) is 2.16. The molecule has 0 rings (SSSR count). The molecule has 0 bridgehead atoms. The van der Waals surface area contributed by atoms with E-state index in [1.807, 2.05) is 0 Å². The standard InChI is InChI=1S/C4H10S2/c1-3-6(5)4-2/h3-4H2,1-2H3. The van der Waals surface area contributed by atoms with Gasteiger partial charge in [0.15, 0.2) is 0 Å². The van der Waals surface area contributed by atoms with Crippen molar-refractivity contribution >= 4 is 20.6 Å². The van der Waals surface area contributed by atoms with Gasteiger partial charge in [-0.3, -0.25) is 0 Å². The summed E-state index contributed by atoms with van der Waals surface area (Å²) in [5, 5.41) is 0. The third-order valence-corrected chi connectivity index (χ3v) is 3.35. The molecular formula is C4H10S2. The quantitative estimate of drug-likeness (QED) is 0.528. The van der Waals surface area contributed by atoms with Crippen LogP contribution in [0.1, 0.15) is 13.8 Å². The molecule has 0 aromatic rings. The van der Waals surface area contributed by atoms with E-state index in [-0.39, 0.29) is 0 Å². The molecule has 0 saturated carbocycles. The lowest BCUT2D eigenvalue weighted by molar-refractivity contribution is 1.46. The maximum atomic E-state index is 4.97. The fourth-order valence-corrected chi connectivity index (χ4v) is 0.612. The first-order valence-corrected chi connectivity index (χ1v) is 4.65. The highest BCUT2D eigenvalue weighted by molar-refractivity contribution is 8.28. The molecule has 0 aliphatic heterocycles. The molecule has 6 heavy (non-hydrogen) atoms. The minimum atomic E-state index is 0.299. The van der Waals surface area contributed by atoms with Crippen LogP contribution >= 0.6 is 0 Å². The van der Waals surface area contributed by atoms with E-state index in [0.29, 0.717) is 9.45 Å². The molecule has 0 fully saturated rings. The summed E-state index contributed by atoms with van der Waals surface area (Å²) < 4.78 is 0. The Balaban J connectivity index is 2.99. The summed E-state index contributed by atoms with van der Waals surface area (Å²) in [5.41, 5.74) is 0. The van der Waals surface area contributed by atoms with Crippen molar-refractivity contribution < 1.29 is 0 Å².